The Bertz CT molecular complexity index is 428. The molecule has 0 saturated heterocycles. The molecule has 0 spiro atoms. The molecule has 3 nitrogen and oxygen atoms in total. The number of carbonyl (C=O) groups is 1. The lowest BCUT2D eigenvalue weighted by Gasteiger charge is -2.26. The van der Waals surface area contributed by atoms with E-state index in [1.807, 2.05) is 24.8 Å². The van der Waals surface area contributed by atoms with E-state index in [0.717, 1.165) is 25.9 Å². The number of hydrogen-bond donors (Lipinski definition) is 1. The quantitative estimate of drug-likeness (QED) is 0.867. The zero-order valence-corrected chi connectivity index (χ0v) is 11.2. The number of aryl methyl sites for hydroxylation is 1. The Kier molecular flexibility index (Phi) is 4.02. The van der Waals surface area contributed by atoms with Crippen LogP contribution in [0.1, 0.15) is 31.4 Å². The highest BCUT2D eigenvalue weighted by Crippen LogP contribution is 2.20. The van der Waals surface area contributed by atoms with E-state index >= 15 is 0 Å². The lowest BCUT2D eigenvalue weighted by atomic mass is 10.0. The summed E-state index contributed by atoms with van der Waals surface area (Å²) in [4.78, 5) is 14.3. The summed E-state index contributed by atoms with van der Waals surface area (Å²) in [5, 5.41) is 0. The molecule has 1 aromatic rings. The summed E-state index contributed by atoms with van der Waals surface area (Å²) in [7, 11) is 0. The van der Waals surface area contributed by atoms with E-state index < -0.39 is 0 Å². The number of hydrogen-bond acceptors (Lipinski definition) is 2. The Morgan fingerprint density at radius 2 is 1.94 bits per heavy atom. The zero-order chi connectivity index (χ0) is 13.1. The first kappa shape index (κ1) is 13.1. The molecule has 1 aliphatic heterocycles. The van der Waals surface area contributed by atoms with Crippen LogP contribution in [0.3, 0.4) is 0 Å². The van der Waals surface area contributed by atoms with Crippen LogP contribution < -0.4 is 5.73 Å². The zero-order valence-electron chi connectivity index (χ0n) is 11.2. The fraction of sp³-hybridized carbons (Fsp3) is 0.533. The Morgan fingerprint density at radius 3 is 2.61 bits per heavy atom. The lowest BCUT2D eigenvalue weighted by molar-refractivity contribution is -0.136. The number of rotatable bonds is 2. The molecule has 0 aromatic heterocycles. The van der Waals surface area contributed by atoms with Crippen molar-refractivity contribution in [2.24, 2.45) is 11.7 Å². The number of carbonyl (C=O) groups excluding carboxylic acids is 1. The van der Waals surface area contributed by atoms with Crippen molar-refractivity contribution < 1.29 is 4.79 Å². The van der Waals surface area contributed by atoms with Gasteiger partial charge in [0.15, 0.2) is 0 Å². The molecule has 0 aliphatic carbocycles. The van der Waals surface area contributed by atoms with Gasteiger partial charge in [-0.05, 0) is 30.9 Å². The molecule has 1 aliphatic rings. The van der Waals surface area contributed by atoms with Gasteiger partial charge in [0.2, 0.25) is 5.91 Å². The van der Waals surface area contributed by atoms with E-state index in [2.05, 4.69) is 18.2 Å². The highest BCUT2D eigenvalue weighted by atomic mass is 16.2. The van der Waals surface area contributed by atoms with Gasteiger partial charge >= 0.3 is 0 Å². The maximum Gasteiger partial charge on any atom is 0.227 e. The Labute approximate surface area is 109 Å². The molecule has 1 aromatic carbocycles. The van der Waals surface area contributed by atoms with Gasteiger partial charge in [-0.2, -0.15) is 0 Å². The largest absolute Gasteiger partial charge is 0.338 e. The number of benzene rings is 1. The number of nitrogens with zero attached hydrogens (tertiary/aromatic N) is 1. The average Bonchev–Trinajstić information content (AvgIpc) is 2.58. The van der Waals surface area contributed by atoms with Gasteiger partial charge in [-0.3, -0.25) is 4.79 Å². The smallest absolute Gasteiger partial charge is 0.227 e. The van der Waals surface area contributed by atoms with Crippen LogP contribution in [0.4, 0.5) is 0 Å². The first-order chi connectivity index (χ1) is 8.59. The van der Waals surface area contributed by atoms with Crippen LogP contribution in [0.25, 0.3) is 0 Å². The normalized spacial score (nSPS) is 18.7. The third kappa shape index (κ3) is 2.72. The van der Waals surface area contributed by atoms with E-state index in [9.17, 15) is 4.79 Å². The first-order valence-electron chi connectivity index (χ1n) is 6.70. The minimum Gasteiger partial charge on any atom is -0.338 e. The lowest BCUT2D eigenvalue weighted by Crippen LogP contribution is -2.41. The molecule has 0 radical (unpaired) electrons. The maximum atomic E-state index is 12.3. The fourth-order valence-corrected chi connectivity index (χ4v) is 2.40. The minimum absolute atomic E-state index is 0.0870. The molecule has 18 heavy (non-hydrogen) atoms. The third-order valence-corrected chi connectivity index (χ3v) is 3.84. The summed E-state index contributed by atoms with van der Waals surface area (Å²) < 4.78 is 0. The van der Waals surface area contributed by atoms with Gasteiger partial charge in [-0.15, -0.1) is 0 Å². The van der Waals surface area contributed by atoms with Crippen molar-refractivity contribution in [2.45, 2.75) is 39.3 Å². The summed E-state index contributed by atoms with van der Waals surface area (Å²) in [5.74, 6) is 0.0805. The van der Waals surface area contributed by atoms with Crippen LogP contribution in [0.2, 0.25) is 0 Å². The predicted molar refractivity (Wildman–Crippen MR) is 73.0 cm³/mol. The van der Waals surface area contributed by atoms with Gasteiger partial charge < -0.3 is 10.6 Å². The summed E-state index contributed by atoms with van der Waals surface area (Å²) in [6.45, 7) is 5.38. The number of amides is 1. The van der Waals surface area contributed by atoms with E-state index in [4.69, 9.17) is 5.73 Å². The molecule has 2 unspecified atom stereocenters. The van der Waals surface area contributed by atoms with Crippen molar-refractivity contribution in [2.75, 3.05) is 6.54 Å². The van der Waals surface area contributed by atoms with Gasteiger partial charge in [0.1, 0.15) is 0 Å². The van der Waals surface area contributed by atoms with E-state index in [1.165, 1.54) is 11.1 Å². The topological polar surface area (TPSA) is 46.3 Å². The van der Waals surface area contributed by atoms with Crippen molar-refractivity contribution in [1.82, 2.24) is 4.90 Å². The first-order valence-corrected chi connectivity index (χ1v) is 6.70. The molecule has 2 N–H and O–H groups in total. The summed E-state index contributed by atoms with van der Waals surface area (Å²) >= 11 is 0. The number of nitrogens with two attached hydrogens (primary N) is 1. The molecule has 3 heteroatoms. The Morgan fingerprint density at radius 1 is 1.28 bits per heavy atom. The summed E-state index contributed by atoms with van der Waals surface area (Å²) in [6.07, 6.45) is 2.10. The monoisotopic (exact) mass is 246 g/mol. The van der Waals surface area contributed by atoms with Gasteiger partial charge in [-0.1, -0.05) is 31.2 Å². The van der Waals surface area contributed by atoms with Crippen molar-refractivity contribution in [3.8, 4) is 0 Å². The molecule has 1 heterocycles. The summed E-state index contributed by atoms with van der Waals surface area (Å²) in [5.41, 5.74) is 8.48. The van der Waals surface area contributed by atoms with Crippen LogP contribution in [-0.4, -0.2) is 23.4 Å². The summed E-state index contributed by atoms with van der Waals surface area (Å²) in [6, 6.07) is 8.31. The highest BCUT2D eigenvalue weighted by molar-refractivity contribution is 5.79. The van der Waals surface area contributed by atoms with Crippen LogP contribution >= 0.6 is 0 Å². The minimum atomic E-state index is -0.102. The van der Waals surface area contributed by atoms with Crippen LogP contribution in [0.5, 0.6) is 0 Å². The Balaban J connectivity index is 2.15. The van der Waals surface area contributed by atoms with Gasteiger partial charge in [0, 0.05) is 19.1 Å². The molecule has 2 atom stereocenters. The SMILES string of the molecule is CC(N)C(C)C(=O)N1CCCc2ccccc2C1. The van der Waals surface area contributed by atoms with Crippen molar-refractivity contribution in [1.29, 1.82) is 0 Å². The van der Waals surface area contributed by atoms with Crippen LogP contribution in [-0.2, 0) is 17.8 Å². The molecule has 0 bridgehead atoms. The van der Waals surface area contributed by atoms with Gasteiger partial charge in [0.05, 0.1) is 5.92 Å². The third-order valence-electron chi connectivity index (χ3n) is 3.84. The second kappa shape index (κ2) is 5.53. The second-order valence-electron chi connectivity index (χ2n) is 5.28. The molecular formula is C15H22N2O. The van der Waals surface area contributed by atoms with Gasteiger partial charge in [0.25, 0.3) is 0 Å². The van der Waals surface area contributed by atoms with E-state index in [0.29, 0.717) is 0 Å². The predicted octanol–water partition coefficient (Wildman–Crippen LogP) is 1.94. The molecule has 0 saturated carbocycles. The van der Waals surface area contributed by atoms with Crippen molar-refractivity contribution in [3.05, 3.63) is 35.4 Å². The molecule has 98 valence electrons. The van der Waals surface area contributed by atoms with Gasteiger partial charge in [-0.25, -0.2) is 0 Å². The van der Waals surface area contributed by atoms with Crippen LogP contribution in [0.15, 0.2) is 24.3 Å². The molecule has 0 fully saturated rings. The molecule has 1 amide bonds. The van der Waals surface area contributed by atoms with Crippen LogP contribution in [0, 0.1) is 5.92 Å². The molecule has 2 rings (SSSR count). The van der Waals surface area contributed by atoms with E-state index in [1.54, 1.807) is 0 Å². The standard InChI is InChI=1S/C15H22N2O/c1-11(12(2)16)15(18)17-9-5-8-13-6-3-4-7-14(13)10-17/h3-4,6-7,11-12H,5,8-10,16H2,1-2H3. The Hall–Kier alpha value is -1.35. The fourth-order valence-electron chi connectivity index (χ4n) is 2.40. The van der Waals surface area contributed by atoms with Crippen molar-refractivity contribution >= 4 is 5.91 Å². The average molecular weight is 246 g/mol. The second-order valence-corrected chi connectivity index (χ2v) is 5.28. The van der Waals surface area contributed by atoms with E-state index in [-0.39, 0.29) is 17.9 Å². The number of fused-ring (bicyclic) bond motifs is 1. The van der Waals surface area contributed by atoms with Crippen molar-refractivity contribution in [3.63, 3.8) is 0 Å². The molecular weight excluding hydrogens is 224 g/mol. The highest BCUT2D eigenvalue weighted by Gasteiger charge is 2.25. The maximum absolute atomic E-state index is 12.3.